The number of halogens is 1. The van der Waals surface area contributed by atoms with Gasteiger partial charge < -0.3 is 14.2 Å². The van der Waals surface area contributed by atoms with Gasteiger partial charge in [-0.1, -0.05) is 0 Å². The fourth-order valence-electron chi connectivity index (χ4n) is 1.78. The van der Waals surface area contributed by atoms with Crippen molar-refractivity contribution in [1.29, 1.82) is 0 Å². The topological polar surface area (TPSA) is 86.2 Å². The van der Waals surface area contributed by atoms with E-state index in [2.05, 4.69) is 10.5 Å². The molecule has 0 saturated carbocycles. The molecule has 0 aromatic heterocycles. The van der Waals surface area contributed by atoms with Crippen molar-refractivity contribution in [2.75, 3.05) is 12.5 Å². The quantitative estimate of drug-likeness (QED) is 0.300. The van der Waals surface area contributed by atoms with Gasteiger partial charge in [0.15, 0.2) is 0 Å². The van der Waals surface area contributed by atoms with Gasteiger partial charge in [-0.25, -0.2) is 14.0 Å². The summed E-state index contributed by atoms with van der Waals surface area (Å²) in [4.78, 5) is 23.4. The normalized spacial score (nSPS) is 16.8. The Bertz CT molecular complexity index is 675. The molecule has 1 aromatic carbocycles. The molecule has 0 atom stereocenters. The summed E-state index contributed by atoms with van der Waals surface area (Å²) in [5.74, 6) is -2.99. The van der Waals surface area contributed by atoms with E-state index in [9.17, 15) is 14.0 Å². The molecule has 1 aromatic rings. The summed E-state index contributed by atoms with van der Waals surface area (Å²) in [6, 6.07) is 3.87. The molecule has 8 heteroatoms. The predicted molar refractivity (Wildman–Crippen MR) is 79.4 cm³/mol. The van der Waals surface area contributed by atoms with Gasteiger partial charge in [-0.15, -0.1) is 0 Å². The summed E-state index contributed by atoms with van der Waals surface area (Å²) < 4.78 is 28.1. The first-order valence-electron chi connectivity index (χ1n) is 6.62. The number of benzene rings is 1. The first-order valence-corrected chi connectivity index (χ1v) is 6.62. The van der Waals surface area contributed by atoms with Crippen LogP contribution in [-0.4, -0.2) is 31.1 Å². The molecule has 0 radical (unpaired) electrons. The third-order valence-electron chi connectivity index (χ3n) is 2.78. The standard InChI is InChI=1S/C15H15FN2O5/c1-15(2)22-13(19)10(14(20)23-15)6-7-17-18-11-8-9(16)4-5-12(11)21-3/h4-8,18H,1-3H3/b17-7-. The molecule has 1 N–H and O–H groups in total. The Morgan fingerprint density at radius 1 is 1.26 bits per heavy atom. The van der Waals surface area contributed by atoms with E-state index < -0.39 is 23.5 Å². The summed E-state index contributed by atoms with van der Waals surface area (Å²) in [7, 11) is 1.43. The summed E-state index contributed by atoms with van der Waals surface area (Å²) in [5, 5.41) is 3.78. The maximum atomic E-state index is 13.2. The van der Waals surface area contributed by atoms with Crippen LogP contribution in [0.5, 0.6) is 5.75 Å². The van der Waals surface area contributed by atoms with E-state index in [-0.39, 0.29) is 11.3 Å². The number of rotatable bonds is 4. The third-order valence-corrected chi connectivity index (χ3v) is 2.78. The molecule has 0 spiro atoms. The number of cyclic esters (lactones) is 2. The molecule has 1 saturated heterocycles. The fourth-order valence-corrected chi connectivity index (χ4v) is 1.78. The lowest BCUT2D eigenvalue weighted by Crippen LogP contribution is -2.41. The minimum Gasteiger partial charge on any atom is -0.495 e. The number of nitrogens with zero attached hydrogens (tertiary/aromatic N) is 1. The number of hydrogen-bond donors (Lipinski definition) is 1. The van der Waals surface area contributed by atoms with Gasteiger partial charge in [-0.2, -0.15) is 5.10 Å². The molecule has 0 bridgehead atoms. The first kappa shape index (κ1) is 16.5. The van der Waals surface area contributed by atoms with E-state index in [0.717, 1.165) is 12.3 Å². The highest BCUT2D eigenvalue weighted by atomic mass is 19.1. The van der Waals surface area contributed by atoms with E-state index in [4.69, 9.17) is 14.2 Å². The number of allylic oxidation sites excluding steroid dienone is 1. The summed E-state index contributed by atoms with van der Waals surface area (Å²) in [6.45, 7) is 2.90. The zero-order valence-electron chi connectivity index (χ0n) is 12.8. The van der Waals surface area contributed by atoms with E-state index >= 15 is 0 Å². The lowest BCUT2D eigenvalue weighted by atomic mass is 10.2. The van der Waals surface area contributed by atoms with Crippen molar-refractivity contribution in [2.24, 2.45) is 5.10 Å². The van der Waals surface area contributed by atoms with Crippen LogP contribution in [0, 0.1) is 5.82 Å². The maximum absolute atomic E-state index is 13.2. The van der Waals surface area contributed by atoms with E-state index in [0.29, 0.717) is 5.75 Å². The van der Waals surface area contributed by atoms with Crippen LogP contribution in [0.25, 0.3) is 0 Å². The van der Waals surface area contributed by atoms with Crippen LogP contribution < -0.4 is 10.2 Å². The van der Waals surface area contributed by atoms with Gasteiger partial charge in [-0.05, 0) is 18.2 Å². The first-order chi connectivity index (χ1) is 10.8. The van der Waals surface area contributed by atoms with Gasteiger partial charge in [0.1, 0.15) is 22.8 Å². The Labute approximate surface area is 131 Å². The molecule has 1 aliphatic heterocycles. The molecule has 0 aliphatic carbocycles. The largest absolute Gasteiger partial charge is 0.495 e. The van der Waals surface area contributed by atoms with E-state index in [1.807, 2.05) is 0 Å². The molecule has 122 valence electrons. The lowest BCUT2D eigenvalue weighted by Gasteiger charge is -2.29. The molecule has 1 aliphatic rings. The number of hydrogen-bond acceptors (Lipinski definition) is 7. The average molecular weight is 322 g/mol. The number of nitrogens with one attached hydrogen (secondary N) is 1. The van der Waals surface area contributed by atoms with Crippen molar-refractivity contribution in [2.45, 2.75) is 19.6 Å². The second-order valence-corrected chi connectivity index (χ2v) is 4.99. The average Bonchev–Trinajstić information content (AvgIpc) is 2.44. The van der Waals surface area contributed by atoms with Crippen LogP contribution in [0.2, 0.25) is 0 Å². The molecule has 0 amide bonds. The molecule has 0 unspecified atom stereocenters. The number of ether oxygens (including phenoxy) is 3. The second kappa shape index (κ2) is 6.47. The van der Waals surface area contributed by atoms with Gasteiger partial charge in [0, 0.05) is 26.1 Å². The minimum absolute atomic E-state index is 0.289. The smallest absolute Gasteiger partial charge is 0.348 e. The monoisotopic (exact) mass is 322 g/mol. The molecule has 7 nitrogen and oxygen atoms in total. The molecular weight excluding hydrogens is 307 g/mol. The molecule has 2 rings (SSSR count). The van der Waals surface area contributed by atoms with Crippen molar-refractivity contribution in [3.05, 3.63) is 35.7 Å². The maximum Gasteiger partial charge on any atom is 0.348 e. The Balaban J connectivity index is 2.08. The van der Waals surface area contributed by atoms with Crippen LogP contribution in [0.3, 0.4) is 0 Å². The van der Waals surface area contributed by atoms with Gasteiger partial charge in [0.25, 0.3) is 5.79 Å². The van der Waals surface area contributed by atoms with Crippen molar-refractivity contribution in [3.63, 3.8) is 0 Å². The van der Waals surface area contributed by atoms with Crippen LogP contribution in [0.15, 0.2) is 34.9 Å². The highest BCUT2D eigenvalue weighted by Crippen LogP contribution is 2.25. The molecule has 1 heterocycles. The number of methoxy groups -OCH3 is 1. The Kier molecular flexibility index (Phi) is 4.63. The van der Waals surface area contributed by atoms with Crippen LogP contribution in [-0.2, 0) is 19.1 Å². The van der Waals surface area contributed by atoms with Crippen LogP contribution in [0.1, 0.15) is 13.8 Å². The van der Waals surface area contributed by atoms with Gasteiger partial charge in [-0.3, -0.25) is 5.43 Å². The summed E-state index contributed by atoms with van der Waals surface area (Å²) >= 11 is 0. The minimum atomic E-state index is -1.30. The van der Waals surface area contributed by atoms with Gasteiger partial charge in [0.05, 0.1) is 7.11 Å². The van der Waals surface area contributed by atoms with Crippen molar-refractivity contribution in [1.82, 2.24) is 0 Å². The van der Waals surface area contributed by atoms with Gasteiger partial charge >= 0.3 is 11.9 Å². The van der Waals surface area contributed by atoms with Gasteiger partial charge in [0.2, 0.25) is 0 Å². The number of hydrazone groups is 1. The highest BCUT2D eigenvalue weighted by molar-refractivity contribution is 6.17. The number of esters is 2. The lowest BCUT2D eigenvalue weighted by molar-refractivity contribution is -0.222. The fraction of sp³-hybridized carbons (Fsp3) is 0.267. The van der Waals surface area contributed by atoms with Crippen LogP contribution >= 0.6 is 0 Å². The Morgan fingerprint density at radius 2 is 1.91 bits per heavy atom. The third kappa shape index (κ3) is 4.06. The number of carbonyl (C=O) groups is 2. The number of anilines is 1. The molecule has 1 fully saturated rings. The Hall–Kier alpha value is -2.90. The summed E-state index contributed by atoms with van der Waals surface area (Å²) in [5.41, 5.74) is 2.54. The van der Waals surface area contributed by atoms with E-state index in [1.165, 1.54) is 39.2 Å². The number of carbonyl (C=O) groups excluding carboxylic acids is 2. The van der Waals surface area contributed by atoms with Crippen LogP contribution in [0.4, 0.5) is 10.1 Å². The van der Waals surface area contributed by atoms with E-state index in [1.54, 1.807) is 0 Å². The van der Waals surface area contributed by atoms with Crippen molar-refractivity contribution < 1.29 is 28.2 Å². The highest BCUT2D eigenvalue weighted by Gasteiger charge is 2.38. The zero-order valence-corrected chi connectivity index (χ0v) is 12.8. The molecule has 23 heavy (non-hydrogen) atoms. The van der Waals surface area contributed by atoms with Crippen molar-refractivity contribution in [3.8, 4) is 5.75 Å². The SMILES string of the molecule is COc1ccc(F)cc1N/N=C\C=C1C(=O)OC(C)(C)OC1=O. The summed E-state index contributed by atoms with van der Waals surface area (Å²) in [6.07, 6.45) is 2.29. The predicted octanol–water partition coefficient (Wildman–Crippen LogP) is 1.99. The second-order valence-electron chi connectivity index (χ2n) is 4.99. The van der Waals surface area contributed by atoms with Crippen molar-refractivity contribution >= 4 is 23.8 Å². The Morgan fingerprint density at radius 3 is 2.52 bits per heavy atom. The molecular formula is C15H15FN2O5. The zero-order chi connectivity index (χ0) is 17.0.